The quantitative estimate of drug-likeness (QED) is 0.478. The van der Waals surface area contributed by atoms with Gasteiger partial charge in [0.25, 0.3) is 0 Å². The third kappa shape index (κ3) is 1.83. The summed E-state index contributed by atoms with van der Waals surface area (Å²) in [6.07, 6.45) is 4.17. The zero-order chi connectivity index (χ0) is 17.2. The average molecular weight is 321 g/mol. The molecule has 0 aromatic heterocycles. The molecule has 2 bridgehead atoms. The van der Waals surface area contributed by atoms with Crippen LogP contribution in [0.2, 0.25) is 0 Å². The molecular weight excluding hydrogens is 302 g/mol. The van der Waals surface area contributed by atoms with Crippen molar-refractivity contribution in [2.24, 2.45) is 23.7 Å². The van der Waals surface area contributed by atoms with E-state index in [4.69, 9.17) is 0 Å². The smallest absolute Gasteiger partial charge is 0.238 e. The fourth-order valence-corrected chi connectivity index (χ4v) is 4.53. The van der Waals surface area contributed by atoms with E-state index < -0.39 is 0 Å². The average Bonchev–Trinajstić information content (AvgIpc) is 3.18. The summed E-state index contributed by atoms with van der Waals surface area (Å²) in [7, 11) is 0. The summed E-state index contributed by atoms with van der Waals surface area (Å²) in [5.41, 5.74) is 3.59. The lowest BCUT2D eigenvalue weighted by molar-refractivity contribution is -0.122. The monoisotopic (exact) mass is 321 g/mol. The van der Waals surface area contributed by atoms with Gasteiger partial charge in [0.15, 0.2) is 5.78 Å². The molecule has 1 saturated carbocycles. The molecule has 24 heavy (non-hydrogen) atoms. The van der Waals surface area contributed by atoms with Gasteiger partial charge in [0.1, 0.15) is 0 Å². The molecule has 0 N–H and O–H groups in total. The van der Waals surface area contributed by atoms with Gasteiger partial charge in [-0.2, -0.15) is 0 Å². The number of ketones is 1. The molecule has 4 heteroatoms. The van der Waals surface area contributed by atoms with Crippen molar-refractivity contribution in [3.05, 3.63) is 53.1 Å². The number of carbonyl (C=O) groups excluding carboxylic acids is 3. The van der Waals surface area contributed by atoms with Crippen LogP contribution in [-0.2, 0) is 9.59 Å². The predicted molar refractivity (Wildman–Crippen MR) is 90.4 cm³/mol. The summed E-state index contributed by atoms with van der Waals surface area (Å²) in [6, 6.07) is 6.71. The van der Waals surface area contributed by atoms with Gasteiger partial charge in [-0.25, -0.2) is 4.90 Å². The number of Topliss-reactive ketones (excluding diaryl/α,β-unsaturated/α-hetero) is 1. The lowest BCUT2D eigenvalue weighted by Gasteiger charge is -2.19. The number of carbonyl (C=O) groups is 3. The Balaban J connectivity index is 1.71. The molecular formula is C20H19NO3. The molecule has 2 fully saturated rings. The van der Waals surface area contributed by atoms with Crippen LogP contribution < -0.4 is 4.90 Å². The second kappa shape index (κ2) is 5.00. The van der Waals surface area contributed by atoms with Gasteiger partial charge in [-0.1, -0.05) is 23.3 Å². The van der Waals surface area contributed by atoms with Crippen LogP contribution in [0.4, 0.5) is 5.69 Å². The van der Waals surface area contributed by atoms with Crippen LogP contribution in [0.3, 0.4) is 0 Å². The van der Waals surface area contributed by atoms with Crippen LogP contribution in [0.15, 0.2) is 47.6 Å². The number of benzene rings is 1. The number of nitrogens with zero attached hydrogens (tertiary/aromatic N) is 1. The molecule has 1 aromatic carbocycles. The number of hydrogen-bond donors (Lipinski definition) is 0. The van der Waals surface area contributed by atoms with E-state index in [1.54, 1.807) is 24.3 Å². The summed E-state index contributed by atoms with van der Waals surface area (Å²) < 4.78 is 0. The molecule has 0 spiro atoms. The van der Waals surface area contributed by atoms with Gasteiger partial charge in [-0.05, 0) is 45.0 Å². The SMILES string of the molecule is CC(=O)c1ccc(N2C(=O)[C@H]3[C@H](C2=O)[C@@H]2C=C[C@@H]3C2=C(C)C)cc1. The minimum absolute atomic E-state index is 0.0343. The zero-order valence-electron chi connectivity index (χ0n) is 13.9. The third-order valence-electron chi connectivity index (χ3n) is 5.53. The maximum absolute atomic E-state index is 13.0. The molecule has 1 saturated heterocycles. The molecule has 4 rings (SSSR count). The second-order valence-corrected chi connectivity index (χ2v) is 7.06. The number of rotatable bonds is 2. The third-order valence-corrected chi connectivity index (χ3v) is 5.53. The topological polar surface area (TPSA) is 54.5 Å². The highest BCUT2D eigenvalue weighted by atomic mass is 16.2. The van der Waals surface area contributed by atoms with E-state index in [1.807, 2.05) is 0 Å². The molecule has 2 aliphatic carbocycles. The van der Waals surface area contributed by atoms with Crippen LogP contribution in [-0.4, -0.2) is 17.6 Å². The highest BCUT2D eigenvalue weighted by Crippen LogP contribution is 2.57. The van der Waals surface area contributed by atoms with Gasteiger partial charge < -0.3 is 0 Å². The molecule has 4 atom stereocenters. The Hall–Kier alpha value is -2.49. The van der Waals surface area contributed by atoms with Crippen LogP contribution in [0, 0.1) is 23.7 Å². The van der Waals surface area contributed by atoms with Gasteiger partial charge in [-0.15, -0.1) is 0 Å². The van der Waals surface area contributed by atoms with Gasteiger partial charge in [-0.3, -0.25) is 14.4 Å². The van der Waals surface area contributed by atoms with Crippen molar-refractivity contribution in [2.75, 3.05) is 4.90 Å². The number of allylic oxidation sites excluding steroid dienone is 4. The van der Waals surface area contributed by atoms with E-state index in [0.717, 1.165) is 0 Å². The van der Waals surface area contributed by atoms with E-state index in [1.165, 1.54) is 23.0 Å². The number of imide groups is 1. The molecule has 3 aliphatic rings. The van der Waals surface area contributed by atoms with Crippen molar-refractivity contribution < 1.29 is 14.4 Å². The predicted octanol–water partition coefficient (Wildman–Crippen LogP) is 3.15. The number of anilines is 1. The Bertz CT molecular complexity index is 793. The first-order valence-electron chi connectivity index (χ1n) is 8.26. The summed E-state index contributed by atoms with van der Waals surface area (Å²) >= 11 is 0. The lowest BCUT2D eigenvalue weighted by atomic mass is 9.85. The van der Waals surface area contributed by atoms with Gasteiger partial charge in [0, 0.05) is 17.4 Å². The van der Waals surface area contributed by atoms with Crippen molar-refractivity contribution in [3.8, 4) is 0 Å². The Morgan fingerprint density at radius 2 is 1.38 bits per heavy atom. The Labute approximate surface area is 140 Å². The Morgan fingerprint density at radius 1 is 0.875 bits per heavy atom. The molecule has 1 heterocycles. The van der Waals surface area contributed by atoms with E-state index in [9.17, 15) is 14.4 Å². The zero-order valence-corrected chi connectivity index (χ0v) is 13.9. The molecule has 0 unspecified atom stereocenters. The van der Waals surface area contributed by atoms with Crippen molar-refractivity contribution in [3.63, 3.8) is 0 Å². The first-order chi connectivity index (χ1) is 11.4. The molecule has 0 radical (unpaired) electrons. The first kappa shape index (κ1) is 15.1. The maximum Gasteiger partial charge on any atom is 0.238 e. The molecule has 122 valence electrons. The summed E-state index contributed by atoms with van der Waals surface area (Å²) in [6.45, 7) is 5.60. The Kier molecular flexibility index (Phi) is 3.14. The Morgan fingerprint density at radius 3 is 1.79 bits per heavy atom. The lowest BCUT2D eigenvalue weighted by Crippen LogP contribution is -2.33. The van der Waals surface area contributed by atoms with Crippen LogP contribution >= 0.6 is 0 Å². The minimum Gasteiger partial charge on any atom is -0.295 e. The fourth-order valence-electron chi connectivity index (χ4n) is 4.53. The van der Waals surface area contributed by atoms with Crippen molar-refractivity contribution >= 4 is 23.3 Å². The van der Waals surface area contributed by atoms with Crippen LogP contribution in [0.5, 0.6) is 0 Å². The standard InChI is InChI=1S/C20H19NO3/c1-10(2)16-14-8-9-15(16)18-17(14)19(23)21(20(18)24)13-6-4-12(5-7-13)11(3)22/h4-9,14-15,17-18H,1-3H3/t14-,15-,17-,18-/m1/s1. The first-order valence-corrected chi connectivity index (χ1v) is 8.26. The molecule has 2 amide bonds. The maximum atomic E-state index is 13.0. The summed E-state index contributed by atoms with van der Waals surface area (Å²) in [5.74, 6) is -0.694. The minimum atomic E-state index is -0.273. The van der Waals surface area contributed by atoms with Crippen molar-refractivity contribution in [1.29, 1.82) is 0 Å². The molecule has 1 aliphatic heterocycles. The fraction of sp³-hybridized carbons (Fsp3) is 0.350. The highest BCUT2D eigenvalue weighted by molar-refractivity contribution is 6.23. The van der Waals surface area contributed by atoms with E-state index >= 15 is 0 Å². The summed E-state index contributed by atoms with van der Waals surface area (Å²) in [5, 5.41) is 0. The second-order valence-electron chi connectivity index (χ2n) is 7.06. The van der Waals surface area contributed by atoms with Crippen LogP contribution in [0.25, 0.3) is 0 Å². The van der Waals surface area contributed by atoms with Gasteiger partial charge in [0.2, 0.25) is 11.8 Å². The number of hydrogen-bond acceptors (Lipinski definition) is 3. The largest absolute Gasteiger partial charge is 0.295 e. The molecule has 1 aromatic rings. The van der Waals surface area contributed by atoms with Crippen molar-refractivity contribution in [1.82, 2.24) is 0 Å². The van der Waals surface area contributed by atoms with E-state index in [0.29, 0.717) is 11.3 Å². The van der Waals surface area contributed by atoms with E-state index in [2.05, 4.69) is 26.0 Å². The summed E-state index contributed by atoms with van der Waals surface area (Å²) in [4.78, 5) is 38.6. The van der Waals surface area contributed by atoms with Crippen LogP contribution in [0.1, 0.15) is 31.1 Å². The van der Waals surface area contributed by atoms with E-state index in [-0.39, 0.29) is 41.3 Å². The van der Waals surface area contributed by atoms with Crippen molar-refractivity contribution in [2.45, 2.75) is 20.8 Å². The normalized spacial score (nSPS) is 30.3. The van der Waals surface area contributed by atoms with Gasteiger partial charge >= 0.3 is 0 Å². The molecule has 4 nitrogen and oxygen atoms in total. The number of amides is 2. The number of fused-ring (bicyclic) bond motifs is 5. The highest BCUT2D eigenvalue weighted by Gasteiger charge is 2.61. The van der Waals surface area contributed by atoms with Gasteiger partial charge in [0.05, 0.1) is 17.5 Å².